The molecule has 0 bridgehead atoms. The number of carbonyl (C=O) groups excluding carboxylic acids is 1. The van der Waals surface area contributed by atoms with Gasteiger partial charge < -0.3 is 4.74 Å². The molecule has 0 amide bonds. The molecule has 4 heteroatoms. The van der Waals surface area contributed by atoms with E-state index >= 15 is 0 Å². The van der Waals surface area contributed by atoms with Crippen LogP contribution in [0.2, 0.25) is 0 Å². The van der Waals surface area contributed by atoms with Gasteiger partial charge >= 0.3 is 5.97 Å². The fourth-order valence-electron chi connectivity index (χ4n) is 1.73. The van der Waals surface area contributed by atoms with E-state index < -0.39 is 0 Å². The van der Waals surface area contributed by atoms with E-state index in [1.807, 2.05) is 25.1 Å². The smallest absolute Gasteiger partial charge is 0.307 e. The van der Waals surface area contributed by atoms with Crippen molar-refractivity contribution >= 4 is 5.97 Å². The van der Waals surface area contributed by atoms with Crippen molar-refractivity contribution in [1.29, 1.82) is 0 Å². The summed E-state index contributed by atoms with van der Waals surface area (Å²) in [6.07, 6.45) is 2.20. The molecule has 17 heavy (non-hydrogen) atoms. The molecule has 4 nitrogen and oxygen atoms in total. The summed E-state index contributed by atoms with van der Waals surface area (Å²) in [5.41, 5.74) is 1.02. The predicted octanol–water partition coefficient (Wildman–Crippen LogP) is 1.86. The third-order valence-electron chi connectivity index (χ3n) is 2.81. The van der Waals surface area contributed by atoms with Gasteiger partial charge in [0.15, 0.2) is 0 Å². The normalized spacial score (nSPS) is 12.5. The van der Waals surface area contributed by atoms with E-state index in [2.05, 4.69) is 21.5 Å². The second-order valence-electron chi connectivity index (χ2n) is 4.01. The number of rotatable bonds is 6. The summed E-state index contributed by atoms with van der Waals surface area (Å²) in [6.45, 7) is 5.75. The zero-order chi connectivity index (χ0) is 12.7. The van der Waals surface area contributed by atoms with Crippen LogP contribution >= 0.6 is 0 Å². The number of hydrogen-bond donors (Lipinski definition) is 0. The Kier molecular flexibility index (Phi) is 5.63. The quantitative estimate of drug-likeness (QED) is 0.707. The van der Waals surface area contributed by atoms with E-state index in [-0.39, 0.29) is 12.0 Å². The fraction of sp³-hybridized carbons (Fsp3) is 0.538. The van der Waals surface area contributed by atoms with Gasteiger partial charge in [-0.05, 0) is 25.6 Å². The van der Waals surface area contributed by atoms with Crippen molar-refractivity contribution in [2.45, 2.75) is 32.9 Å². The molecule has 0 saturated heterocycles. The molecule has 1 atom stereocenters. The van der Waals surface area contributed by atoms with Crippen molar-refractivity contribution in [2.24, 2.45) is 0 Å². The molecule has 0 aliphatic rings. The van der Waals surface area contributed by atoms with Crippen LogP contribution in [0.3, 0.4) is 0 Å². The standard InChI is InChI=1S/C13H20N2O2/c1-4-15(11(2)9-13(16)17-3)10-12-7-5-6-8-14-12/h5-8,11H,4,9-10H2,1-3H3. The van der Waals surface area contributed by atoms with Crippen molar-refractivity contribution < 1.29 is 9.53 Å². The highest BCUT2D eigenvalue weighted by atomic mass is 16.5. The van der Waals surface area contributed by atoms with Crippen LogP contribution in [-0.2, 0) is 16.1 Å². The minimum absolute atomic E-state index is 0.162. The first-order valence-corrected chi connectivity index (χ1v) is 5.88. The second kappa shape index (κ2) is 7.01. The van der Waals surface area contributed by atoms with Crippen LogP contribution in [0, 0.1) is 0 Å². The third kappa shape index (κ3) is 4.53. The molecule has 1 unspecified atom stereocenters. The molecule has 0 fully saturated rings. The fourth-order valence-corrected chi connectivity index (χ4v) is 1.73. The first-order valence-electron chi connectivity index (χ1n) is 5.88. The highest BCUT2D eigenvalue weighted by Gasteiger charge is 2.16. The topological polar surface area (TPSA) is 42.4 Å². The van der Waals surface area contributed by atoms with Crippen LogP contribution in [0.25, 0.3) is 0 Å². The second-order valence-corrected chi connectivity index (χ2v) is 4.01. The molecule has 1 heterocycles. The van der Waals surface area contributed by atoms with Gasteiger partial charge in [0.05, 0.1) is 19.2 Å². The Hall–Kier alpha value is -1.42. The van der Waals surface area contributed by atoms with Crippen molar-refractivity contribution in [2.75, 3.05) is 13.7 Å². The molecule has 1 aromatic heterocycles. The van der Waals surface area contributed by atoms with Crippen LogP contribution in [0.4, 0.5) is 0 Å². The van der Waals surface area contributed by atoms with Crippen LogP contribution in [0.1, 0.15) is 26.0 Å². The van der Waals surface area contributed by atoms with Gasteiger partial charge in [-0.2, -0.15) is 0 Å². The summed E-state index contributed by atoms with van der Waals surface area (Å²) in [5, 5.41) is 0. The molecule has 0 spiro atoms. The van der Waals surface area contributed by atoms with E-state index in [0.717, 1.165) is 18.8 Å². The van der Waals surface area contributed by atoms with Gasteiger partial charge in [0, 0.05) is 18.8 Å². The highest BCUT2D eigenvalue weighted by Crippen LogP contribution is 2.09. The number of ether oxygens (including phenoxy) is 1. The summed E-state index contributed by atoms with van der Waals surface area (Å²) in [4.78, 5) is 17.7. The van der Waals surface area contributed by atoms with Crippen LogP contribution in [-0.4, -0.2) is 35.5 Å². The molecule has 0 N–H and O–H groups in total. The maximum atomic E-state index is 11.2. The largest absolute Gasteiger partial charge is 0.469 e. The summed E-state index contributed by atoms with van der Waals surface area (Å²) in [6, 6.07) is 6.03. The summed E-state index contributed by atoms with van der Waals surface area (Å²) >= 11 is 0. The Labute approximate surface area is 103 Å². The summed E-state index contributed by atoms with van der Waals surface area (Å²) in [5.74, 6) is -0.169. The molecule has 0 radical (unpaired) electrons. The van der Waals surface area contributed by atoms with Gasteiger partial charge in [-0.25, -0.2) is 0 Å². The van der Waals surface area contributed by atoms with E-state index in [4.69, 9.17) is 0 Å². The lowest BCUT2D eigenvalue weighted by Gasteiger charge is -2.26. The lowest BCUT2D eigenvalue weighted by molar-refractivity contribution is -0.141. The number of hydrogen-bond acceptors (Lipinski definition) is 4. The summed E-state index contributed by atoms with van der Waals surface area (Å²) < 4.78 is 4.68. The summed E-state index contributed by atoms with van der Waals surface area (Å²) in [7, 11) is 1.42. The van der Waals surface area contributed by atoms with Gasteiger partial charge in [0.2, 0.25) is 0 Å². The Morgan fingerprint density at radius 1 is 1.53 bits per heavy atom. The minimum Gasteiger partial charge on any atom is -0.469 e. The number of aromatic nitrogens is 1. The number of pyridine rings is 1. The lowest BCUT2D eigenvalue weighted by Crippen LogP contribution is -2.34. The molecular formula is C13H20N2O2. The maximum Gasteiger partial charge on any atom is 0.307 e. The molecule has 0 aliphatic carbocycles. The van der Waals surface area contributed by atoms with Gasteiger partial charge in [-0.1, -0.05) is 13.0 Å². The maximum absolute atomic E-state index is 11.2. The first kappa shape index (κ1) is 13.6. The van der Waals surface area contributed by atoms with E-state index in [1.165, 1.54) is 7.11 Å². The average molecular weight is 236 g/mol. The van der Waals surface area contributed by atoms with E-state index in [0.29, 0.717) is 6.42 Å². The van der Waals surface area contributed by atoms with Crippen LogP contribution < -0.4 is 0 Å². The monoisotopic (exact) mass is 236 g/mol. The van der Waals surface area contributed by atoms with Crippen LogP contribution in [0.5, 0.6) is 0 Å². The molecule has 1 aromatic rings. The van der Waals surface area contributed by atoms with Crippen molar-refractivity contribution in [3.63, 3.8) is 0 Å². The zero-order valence-corrected chi connectivity index (χ0v) is 10.7. The Bertz CT molecular complexity index is 341. The predicted molar refractivity (Wildman–Crippen MR) is 66.4 cm³/mol. The molecule has 94 valence electrons. The van der Waals surface area contributed by atoms with Gasteiger partial charge in [-0.3, -0.25) is 14.7 Å². The van der Waals surface area contributed by atoms with Crippen LogP contribution in [0.15, 0.2) is 24.4 Å². The SMILES string of the molecule is CCN(Cc1ccccn1)C(C)CC(=O)OC. The van der Waals surface area contributed by atoms with E-state index in [1.54, 1.807) is 6.20 Å². The molecule has 0 aliphatic heterocycles. The average Bonchev–Trinajstić information content (AvgIpc) is 2.36. The first-order chi connectivity index (χ1) is 8.17. The number of carbonyl (C=O) groups is 1. The Morgan fingerprint density at radius 2 is 2.29 bits per heavy atom. The molecule has 0 aromatic carbocycles. The van der Waals surface area contributed by atoms with Gasteiger partial charge in [0.1, 0.15) is 0 Å². The minimum atomic E-state index is -0.169. The molecule has 1 rings (SSSR count). The van der Waals surface area contributed by atoms with Crippen molar-refractivity contribution in [3.8, 4) is 0 Å². The molecular weight excluding hydrogens is 216 g/mol. The van der Waals surface area contributed by atoms with E-state index in [9.17, 15) is 4.79 Å². The van der Waals surface area contributed by atoms with Gasteiger partial charge in [-0.15, -0.1) is 0 Å². The van der Waals surface area contributed by atoms with Gasteiger partial charge in [0.25, 0.3) is 0 Å². The van der Waals surface area contributed by atoms with Crippen molar-refractivity contribution in [3.05, 3.63) is 30.1 Å². The number of esters is 1. The number of methoxy groups -OCH3 is 1. The molecule has 0 saturated carbocycles. The Morgan fingerprint density at radius 3 is 2.82 bits per heavy atom. The number of nitrogens with zero attached hydrogens (tertiary/aromatic N) is 2. The van der Waals surface area contributed by atoms with Crippen molar-refractivity contribution in [1.82, 2.24) is 9.88 Å². The Balaban J connectivity index is 2.56. The highest BCUT2D eigenvalue weighted by molar-refractivity contribution is 5.69. The zero-order valence-electron chi connectivity index (χ0n) is 10.7. The lowest BCUT2D eigenvalue weighted by atomic mass is 10.2. The third-order valence-corrected chi connectivity index (χ3v) is 2.81.